The fourth-order valence-electron chi connectivity index (χ4n) is 1.87. The molecule has 3 aromatic rings. The molecule has 4 nitrogen and oxygen atoms in total. The minimum absolute atomic E-state index is 0.144. The van der Waals surface area contributed by atoms with Gasteiger partial charge in [0.1, 0.15) is 0 Å². The van der Waals surface area contributed by atoms with E-state index in [1.807, 2.05) is 30.3 Å². The molecule has 1 aromatic heterocycles. The number of aromatic amines is 1. The Morgan fingerprint density at radius 1 is 1.16 bits per heavy atom. The zero-order chi connectivity index (χ0) is 13.2. The summed E-state index contributed by atoms with van der Waals surface area (Å²) < 4.78 is 0.944. The van der Waals surface area contributed by atoms with E-state index in [0.717, 1.165) is 21.1 Å². The SMILES string of the molecule is O=C(Nc1cccc2cn[nH]c12)c1ccc(Br)cc1. The lowest BCUT2D eigenvalue weighted by Gasteiger charge is -2.06. The maximum Gasteiger partial charge on any atom is 0.255 e. The Bertz CT molecular complexity index is 734. The number of benzene rings is 2. The molecule has 0 radical (unpaired) electrons. The maximum atomic E-state index is 12.1. The quantitative estimate of drug-likeness (QED) is 0.759. The van der Waals surface area contributed by atoms with E-state index in [1.54, 1.807) is 18.3 Å². The van der Waals surface area contributed by atoms with Crippen LogP contribution in [0.25, 0.3) is 10.9 Å². The number of rotatable bonds is 2. The highest BCUT2D eigenvalue weighted by Gasteiger charge is 2.08. The molecule has 0 aliphatic heterocycles. The Hall–Kier alpha value is -2.14. The van der Waals surface area contributed by atoms with Crippen LogP contribution in [0.2, 0.25) is 0 Å². The highest BCUT2D eigenvalue weighted by Crippen LogP contribution is 2.21. The van der Waals surface area contributed by atoms with Crippen LogP contribution >= 0.6 is 15.9 Å². The number of anilines is 1. The van der Waals surface area contributed by atoms with Crippen molar-refractivity contribution in [1.29, 1.82) is 0 Å². The molecule has 2 N–H and O–H groups in total. The maximum absolute atomic E-state index is 12.1. The zero-order valence-electron chi connectivity index (χ0n) is 9.85. The molecule has 0 aliphatic carbocycles. The number of para-hydroxylation sites is 1. The molecule has 0 saturated carbocycles. The van der Waals surface area contributed by atoms with Gasteiger partial charge < -0.3 is 5.32 Å². The molecule has 0 unspecified atom stereocenters. The van der Waals surface area contributed by atoms with E-state index in [1.165, 1.54) is 0 Å². The van der Waals surface area contributed by atoms with Crippen molar-refractivity contribution in [3.63, 3.8) is 0 Å². The number of hydrogen-bond acceptors (Lipinski definition) is 2. The van der Waals surface area contributed by atoms with E-state index in [4.69, 9.17) is 0 Å². The number of halogens is 1. The summed E-state index contributed by atoms with van der Waals surface area (Å²) in [5, 5.41) is 10.7. The molecule has 19 heavy (non-hydrogen) atoms. The normalized spacial score (nSPS) is 10.6. The van der Waals surface area contributed by atoms with Gasteiger partial charge in [-0.25, -0.2) is 0 Å². The Morgan fingerprint density at radius 2 is 1.95 bits per heavy atom. The summed E-state index contributed by atoms with van der Waals surface area (Å²) in [5.41, 5.74) is 2.16. The highest BCUT2D eigenvalue weighted by molar-refractivity contribution is 9.10. The molecule has 0 atom stereocenters. The molecule has 5 heteroatoms. The van der Waals surface area contributed by atoms with E-state index in [-0.39, 0.29) is 5.91 Å². The van der Waals surface area contributed by atoms with Gasteiger partial charge in [0.15, 0.2) is 0 Å². The smallest absolute Gasteiger partial charge is 0.255 e. The predicted octanol–water partition coefficient (Wildman–Crippen LogP) is 3.58. The third kappa shape index (κ3) is 2.37. The van der Waals surface area contributed by atoms with Crippen molar-refractivity contribution in [2.75, 3.05) is 5.32 Å². The molecule has 0 bridgehead atoms. The van der Waals surface area contributed by atoms with Gasteiger partial charge in [0.05, 0.1) is 17.4 Å². The van der Waals surface area contributed by atoms with Crippen molar-refractivity contribution < 1.29 is 4.79 Å². The van der Waals surface area contributed by atoms with Gasteiger partial charge in [0.2, 0.25) is 0 Å². The summed E-state index contributed by atoms with van der Waals surface area (Å²) in [6.45, 7) is 0. The van der Waals surface area contributed by atoms with Gasteiger partial charge in [-0.15, -0.1) is 0 Å². The average molecular weight is 316 g/mol. The van der Waals surface area contributed by atoms with E-state index >= 15 is 0 Å². The van der Waals surface area contributed by atoms with Crippen molar-refractivity contribution in [3.8, 4) is 0 Å². The van der Waals surface area contributed by atoms with Crippen LogP contribution in [0.15, 0.2) is 53.1 Å². The Balaban J connectivity index is 1.90. The van der Waals surface area contributed by atoms with Gasteiger partial charge in [-0.2, -0.15) is 5.10 Å². The van der Waals surface area contributed by atoms with Gasteiger partial charge in [-0.1, -0.05) is 28.1 Å². The molecule has 94 valence electrons. The summed E-state index contributed by atoms with van der Waals surface area (Å²) in [7, 11) is 0. The summed E-state index contributed by atoms with van der Waals surface area (Å²) in [5.74, 6) is -0.144. The van der Waals surface area contributed by atoms with Crippen molar-refractivity contribution in [2.24, 2.45) is 0 Å². The standard InChI is InChI=1S/C14H10BrN3O/c15-11-6-4-9(5-7-11)14(19)17-12-3-1-2-10-8-16-18-13(10)12/h1-8H,(H,16,18)(H,17,19). The second kappa shape index (κ2) is 4.85. The van der Waals surface area contributed by atoms with Crippen LogP contribution in [0, 0.1) is 0 Å². The van der Waals surface area contributed by atoms with Gasteiger partial charge in [0, 0.05) is 15.4 Å². The number of carbonyl (C=O) groups excluding carboxylic acids is 1. The van der Waals surface area contributed by atoms with E-state index < -0.39 is 0 Å². The molecule has 1 amide bonds. The number of nitrogens with zero attached hydrogens (tertiary/aromatic N) is 1. The molecular weight excluding hydrogens is 306 g/mol. The molecule has 1 heterocycles. The fourth-order valence-corrected chi connectivity index (χ4v) is 2.13. The molecule has 0 spiro atoms. The third-order valence-corrected chi connectivity index (χ3v) is 3.36. The fraction of sp³-hybridized carbons (Fsp3) is 0. The van der Waals surface area contributed by atoms with E-state index in [0.29, 0.717) is 5.56 Å². The first kappa shape index (κ1) is 11.9. The molecule has 0 saturated heterocycles. The lowest BCUT2D eigenvalue weighted by Crippen LogP contribution is -2.11. The topological polar surface area (TPSA) is 57.8 Å². The highest BCUT2D eigenvalue weighted by atomic mass is 79.9. The average Bonchev–Trinajstić information content (AvgIpc) is 2.89. The largest absolute Gasteiger partial charge is 0.320 e. The predicted molar refractivity (Wildman–Crippen MR) is 78.2 cm³/mol. The van der Waals surface area contributed by atoms with Crippen LogP contribution in [0.3, 0.4) is 0 Å². The number of amides is 1. The van der Waals surface area contributed by atoms with Crippen LogP contribution in [-0.4, -0.2) is 16.1 Å². The molecule has 0 fully saturated rings. The number of fused-ring (bicyclic) bond motifs is 1. The van der Waals surface area contributed by atoms with Crippen LogP contribution in [0.1, 0.15) is 10.4 Å². The minimum atomic E-state index is -0.144. The summed E-state index contributed by atoms with van der Waals surface area (Å²) in [6, 6.07) is 12.9. The summed E-state index contributed by atoms with van der Waals surface area (Å²) in [4.78, 5) is 12.1. The summed E-state index contributed by atoms with van der Waals surface area (Å²) in [6.07, 6.45) is 1.73. The molecular formula is C14H10BrN3O. The number of H-pyrrole nitrogens is 1. The van der Waals surface area contributed by atoms with Crippen LogP contribution < -0.4 is 5.32 Å². The van der Waals surface area contributed by atoms with Crippen LogP contribution in [-0.2, 0) is 0 Å². The molecule has 3 rings (SSSR count). The first-order valence-electron chi connectivity index (χ1n) is 5.73. The third-order valence-electron chi connectivity index (χ3n) is 2.83. The first-order chi connectivity index (χ1) is 9.24. The first-order valence-corrected chi connectivity index (χ1v) is 6.52. The molecule has 2 aromatic carbocycles. The van der Waals surface area contributed by atoms with Crippen molar-refractivity contribution in [1.82, 2.24) is 10.2 Å². The van der Waals surface area contributed by atoms with E-state index in [2.05, 4.69) is 31.4 Å². The second-order valence-electron chi connectivity index (χ2n) is 4.10. The monoisotopic (exact) mass is 315 g/mol. The molecule has 0 aliphatic rings. The lowest BCUT2D eigenvalue weighted by atomic mass is 10.2. The number of carbonyl (C=O) groups is 1. The van der Waals surface area contributed by atoms with Crippen molar-refractivity contribution >= 4 is 38.4 Å². The minimum Gasteiger partial charge on any atom is -0.320 e. The van der Waals surface area contributed by atoms with Gasteiger partial charge in [0.25, 0.3) is 5.91 Å². The van der Waals surface area contributed by atoms with Gasteiger partial charge in [-0.3, -0.25) is 9.89 Å². The van der Waals surface area contributed by atoms with Crippen LogP contribution in [0.4, 0.5) is 5.69 Å². The van der Waals surface area contributed by atoms with Crippen molar-refractivity contribution in [3.05, 3.63) is 58.7 Å². The van der Waals surface area contributed by atoms with E-state index in [9.17, 15) is 4.79 Å². The zero-order valence-corrected chi connectivity index (χ0v) is 11.4. The Kier molecular flexibility index (Phi) is 3.05. The number of nitrogens with one attached hydrogen (secondary N) is 2. The Morgan fingerprint density at radius 3 is 2.74 bits per heavy atom. The van der Waals surface area contributed by atoms with Gasteiger partial charge in [-0.05, 0) is 30.3 Å². The lowest BCUT2D eigenvalue weighted by molar-refractivity contribution is 0.102. The number of hydrogen-bond donors (Lipinski definition) is 2. The Labute approximate surface area is 118 Å². The van der Waals surface area contributed by atoms with Crippen LogP contribution in [0.5, 0.6) is 0 Å². The number of aromatic nitrogens is 2. The van der Waals surface area contributed by atoms with Gasteiger partial charge >= 0.3 is 0 Å². The van der Waals surface area contributed by atoms with Crippen molar-refractivity contribution in [2.45, 2.75) is 0 Å². The summed E-state index contributed by atoms with van der Waals surface area (Å²) >= 11 is 3.34. The second-order valence-corrected chi connectivity index (χ2v) is 5.02.